The van der Waals surface area contributed by atoms with E-state index in [-0.39, 0.29) is 25.0 Å². The number of carboxylic acids is 1. The van der Waals surface area contributed by atoms with Gasteiger partial charge in [0.25, 0.3) is 0 Å². The van der Waals surface area contributed by atoms with E-state index in [4.69, 9.17) is 16.7 Å². The van der Waals surface area contributed by atoms with Crippen molar-refractivity contribution in [3.8, 4) is 0 Å². The Morgan fingerprint density at radius 1 is 1.19 bits per heavy atom. The molecule has 0 amide bonds. The van der Waals surface area contributed by atoms with Crippen LogP contribution in [0.15, 0.2) is 24.3 Å². The molecule has 1 aromatic rings. The molecule has 0 aliphatic heterocycles. The highest BCUT2D eigenvalue weighted by molar-refractivity contribution is 6.31. The van der Waals surface area contributed by atoms with E-state index in [2.05, 4.69) is 0 Å². The van der Waals surface area contributed by atoms with Gasteiger partial charge >= 0.3 is 5.97 Å². The van der Waals surface area contributed by atoms with Gasteiger partial charge in [-0.05, 0) is 18.1 Å². The van der Waals surface area contributed by atoms with Gasteiger partial charge in [0, 0.05) is 24.3 Å². The Balaban J connectivity index is 2.40. The molecule has 1 rings (SSSR count). The van der Waals surface area contributed by atoms with Crippen molar-refractivity contribution < 1.29 is 14.7 Å². The molecule has 4 heteroatoms. The lowest BCUT2D eigenvalue weighted by Gasteiger charge is -2.02. The molecule has 0 radical (unpaired) electrons. The highest BCUT2D eigenvalue weighted by atomic mass is 35.5. The Kier molecular flexibility index (Phi) is 4.99. The zero-order valence-electron chi connectivity index (χ0n) is 8.78. The Morgan fingerprint density at radius 3 is 2.50 bits per heavy atom. The van der Waals surface area contributed by atoms with Crippen molar-refractivity contribution in [1.29, 1.82) is 0 Å². The second kappa shape index (κ2) is 6.28. The lowest BCUT2D eigenvalue weighted by molar-refractivity contribution is -0.137. The highest BCUT2D eigenvalue weighted by Gasteiger charge is 2.07. The van der Waals surface area contributed by atoms with Gasteiger partial charge in [0.1, 0.15) is 5.78 Å². The Bertz CT molecular complexity index is 388. The lowest BCUT2D eigenvalue weighted by Crippen LogP contribution is -2.04. The summed E-state index contributed by atoms with van der Waals surface area (Å²) in [6, 6.07) is 7.17. The van der Waals surface area contributed by atoms with E-state index in [9.17, 15) is 9.59 Å². The topological polar surface area (TPSA) is 54.4 Å². The van der Waals surface area contributed by atoms with Crippen LogP contribution in [0.25, 0.3) is 0 Å². The third kappa shape index (κ3) is 4.45. The number of rotatable bonds is 6. The molecule has 0 aliphatic rings. The number of hydrogen-bond donors (Lipinski definition) is 1. The van der Waals surface area contributed by atoms with Crippen molar-refractivity contribution in [2.75, 3.05) is 0 Å². The van der Waals surface area contributed by atoms with Gasteiger partial charge in [-0.3, -0.25) is 9.59 Å². The van der Waals surface area contributed by atoms with Gasteiger partial charge < -0.3 is 5.11 Å². The number of carbonyl (C=O) groups excluding carboxylic acids is 1. The van der Waals surface area contributed by atoms with E-state index in [1.807, 2.05) is 6.07 Å². The smallest absolute Gasteiger partial charge is 0.303 e. The third-order valence-electron chi connectivity index (χ3n) is 2.19. The van der Waals surface area contributed by atoms with Gasteiger partial charge in [0.2, 0.25) is 0 Å². The van der Waals surface area contributed by atoms with Crippen molar-refractivity contribution >= 4 is 23.4 Å². The molecule has 0 aromatic heterocycles. The standard InChI is InChI=1S/C12H13ClO3/c13-11-6-2-1-4-9(11)8-10(14)5-3-7-12(15)16/h1-2,4,6H,3,5,7-8H2,(H,15,16). The molecule has 86 valence electrons. The first-order valence-electron chi connectivity index (χ1n) is 5.06. The number of carboxylic acid groups (broad SMARTS) is 1. The largest absolute Gasteiger partial charge is 0.481 e. The predicted molar refractivity (Wildman–Crippen MR) is 61.6 cm³/mol. The van der Waals surface area contributed by atoms with E-state index >= 15 is 0 Å². The van der Waals surface area contributed by atoms with Crippen molar-refractivity contribution in [1.82, 2.24) is 0 Å². The van der Waals surface area contributed by atoms with Crippen LogP contribution in [-0.2, 0) is 16.0 Å². The molecule has 0 spiro atoms. The summed E-state index contributed by atoms with van der Waals surface area (Å²) in [4.78, 5) is 21.8. The van der Waals surface area contributed by atoms with Crippen LogP contribution in [0.4, 0.5) is 0 Å². The fourth-order valence-corrected chi connectivity index (χ4v) is 1.58. The van der Waals surface area contributed by atoms with Crippen LogP contribution in [-0.4, -0.2) is 16.9 Å². The van der Waals surface area contributed by atoms with E-state index in [1.54, 1.807) is 18.2 Å². The summed E-state index contributed by atoms with van der Waals surface area (Å²) < 4.78 is 0. The maximum atomic E-state index is 11.5. The van der Waals surface area contributed by atoms with E-state index in [0.29, 0.717) is 11.4 Å². The zero-order chi connectivity index (χ0) is 12.0. The molecule has 0 saturated heterocycles. The van der Waals surface area contributed by atoms with E-state index in [0.717, 1.165) is 5.56 Å². The summed E-state index contributed by atoms with van der Waals surface area (Å²) in [6.07, 6.45) is 0.990. The van der Waals surface area contributed by atoms with Gasteiger partial charge in [0.15, 0.2) is 0 Å². The van der Waals surface area contributed by atoms with Crippen LogP contribution in [0.5, 0.6) is 0 Å². The number of ketones is 1. The molecule has 0 saturated carbocycles. The number of aliphatic carboxylic acids is 1. The molecular weight excluding hydrogens is 228 g/mol. The highest BCUT2D eigenvalue weighted by Crippen LogP contribution is 2.16. The summed E-state index contributed by atoms with van der Waals surface area (Å²) in [5, 5.41) is 9.01. The molecule has 0 heterocycles. The minimum Gasteiger partial charge on any atom is -0.481 e. The average molecular weight is 241 g/mol. The van der Waals surface area contributed by atoms with Crippen LogP contribution in [0, 0.1) is 0 Å². The normalized spacial score (nSPS) is 10.1. The van der Waals surface area contributed by atoms with Gasteiger partial charge in [-0.25, -0.2) is 0 Å². The van der Waals surface area contributed by atoms with Crippen LogP contribution in [0.2, 0.25) is 5.02 Å². The maximum Gasteiger partial charge on any atom is 0.303 e. The number of hydrogen-bond acceptors (Lipinski definition) is 2. The molecule has 16 heavy (non-hydrogen) atoms. The number of benzene rings is 1. The van der Waals surface area contributed by atoms with E-state index < -0.39 is 5.97 Å². The molecule has 0 fully saturated rings. The maximum absolute atomic E-state index is 11.5. The van der Waals surface area contributed by atoms with Crippen molar-refractivity contribution in [2.24, 2.45) is 0 Å². The van der Waals surface area contributed by atoms with Gasteiger partial charge in [0.05, 0.1) is 0 Å². The van der Waals surface area contributed by atoms with Crippen molar-refractivity contribution in [2.45, 2.75) is 25.7 Å². The first kappa shape index (κ1) is 12.7. The Hall–Kier alpha value is -1.35. The van der Waals surface area contributed by atoms with Crippen molar-refractivity contribution in [3.63, 3.8) is 0 Å². The zero-order valence-corrected chi connectivity index (χ0v) is 9.54. The molecule has 0 atom stereocenters. The summed E-state index contributed by atoms with van der Waals surface area (Å²) in [5.41, 5.74) is 0.796. The number of carbonyl (C=O) groups is 2. The molecule has 3 nitrogen and oxygen atoms in total. The monoisotopic (exact) mass is 240 g/mol. The minimum atomic E-state index is -0.870. The predicted octanol–water partition coefficient (Wildman–Crippen LogP) is 2.71. The molecule has 1 N–H and O–H groups in total. The quantitative estimate of drug-likeness (QED) is 0.832. The van der Waals surface area contributed by atoms with Crippen LogP contribution in [0.3, 0.4) is 0 Å². The first-order valence-corrected chi connectivity index (χ1v) is 5.44. The SMILES string of the molecule is O=C(O)CCCC(=O)Cc1ccccc1Cl. The van der Waals surface area contributed by atoms with Crippen LogP contribution < -0.4 is 0 Å². The summed E-state index contributed by atoms with van der Waals surface area (Å²) in [6.45, 7) is 0. The third-order valence-corrected chi connectivity index (χ3v) is 2.56. The minimum absolute atomic E-state index is 0.0225. The summed E-state index contributed by atoms with van der Waals surface area (Å²) >= 11 is 5.91. The molecule has 0 aliphatic carbocycles. The van der Waals surface area contributed by atoms with Crippen LogP contribution in [0.1, 0.15) is 24.8 Å². The fraction of sp³-hybridized carbons (Fsp3) is 0.333. The number of halogens is 1. The average Bonchev–Trinajstić information content (AvgIpc) is 2.21. The second-order valence-corrected chi connectivity index (χ2v) is 3.96. The van der Waals surface area contributed by atoms with Crippen LogP contribution >= 0.6 is 11.6 Å². The molecule has 1 aromatic carbocycles. The second-order valence-electron chi connectivity index (χ2n) is 3.55. The van der Waals surface area contributed by atoms with Crippen molar-refractivity contribution in [3.05, 3.63) is 34.9 Å². The van der Waals surface area contributed by atoms with E-state index in [1.165, 1.54) is 0 Å². The summed E-state index contributed by atoms with van der Waals surface area (Å²) in [5.74, 6) is -0.847. The fourth-order valence-electron chi connectivity index (χ4n) is 1.38. The van der Waals surface area contributed by atoms with Gasteiger partial charge in [-0.1, -0.05) is 29.8 Å². The van der Waals surface area contributed by atoms with Gasteiger partial charge in [-0.2, -0.15) is 0 Å². The van der Waals surface area contributed by atoms with Gasteiger partial charge in [-0.15, -0.1) is 0 Å². The Labute approximate surface area is 99.0 Å². The molecular formula is C12H13ClO3. The summed E-state index contributed by atoms with van der Waals surface area (Å²) in [7, 11) is 0. The Morgan fingerprint density at radius 2 is 1.88 bits per heavy atom. The lowest BCUT2D eigenvalue weighted by atomic mass is 10.0. The molecule has 0 bridgehead atoms. The molecule has 0 unspecified atom stereocenters. The number of Topliss-reactive ketones (excluding diaryl/α,β-unsaturated/α-hetero) is 1. The first-order chi connectivity index (χ1) is 7.59.